The standard InChI is InChI=1S/C13H19N3O/c1-10(2)8-16-13(14-9-15-16)7-12(17)11-5-3-4-6-11/h5,9-10H,3-4,6-8H2,1-2H3. The van der Waals surface area contributed by atoms with Crippen LogP contribution >= 0.6 is 0 Å². The molecule has 0 bridgehead atoms. The summed E-state index contributed by atoms with van der Waals surface area (Å²) < 4.78 is 1.85. The van der Waals surface area contributed by atoms with Gasteiger partial charge >= 0.3 is 0 Å². The highest BCUT2D eigenvalue weighted by atomic mass is 16.1. The van der Waals surface area contributed by atoms with Gasteiger partial charge in [0.1, 0.15) is 12.2 Å². The van der Waals surface area contributed by atoms with Gasteiger partial charge in [0.15, 0.2) is 5.78 Å². The molecule has 0 amide bonds. The van der Waals surface area contributed by atoms with Crippen LogP contribution in [0.2, 0.25) is 0 Å². The fraction of sp³-hybridized carbons (Fsp3) is 0.615. The molecule has 1 aromatic rings. The molecule has 0 aliphatic heterocycles. The average Bonchev–Trinajstić information content (AvgIpc) is 2.89. The fourth-order valence-electron chi connectivity index (χ4n) is 2.10. The van der Waals surface area contributed by atoms with E-state index in [0.29, 0.717) is 12.3 Å². The number of Topliss-reactive ketones (excluding diaryl/α,β-unsaturated/α-hetero) is 1. The van der Waals surface area contributed by atoms with Gasteiger partial charge in [-0.3, -0.25) is 4.79 Å². The van der Waals surface area contributed by atoms with E-state index in [0.717, 1.165) is 37.2 Å². The second kappa shape index (κ2) is 5.25. The summed E-state index contributed by atoms with van der Waals surface area (Å²) >= 11 is 0. The van der Waals surface area contributed by atoms with Crippen LogP contribution in [0, 0.1) is 5.92 Å². The van der Waals surface area contributed by atoms with Crippen LogP contribution in [-0.4, -0.2) is 20.5 Å². The number of rotatable bonds is 5. The van der Waals surface area contributed by atoms with Crippen molar-refractivity contribution in [1.82, 2.24) is 14.8 Å². The van der Waals surface area contributed by atoms with E-state index in [1.54, 1.807) is 0 Å². The molecule has 0 N–H and O–H groups in total. The molecule has 0 unspecified atom stereocenters. The molecular weight excluding hydrogens is 214 g/mol. The van der Waals surface area contributed by atoms with Crippen molar-refractivity contribution in [2.45, 2.75) is 46.1 Å². The number of aromatic nitrogens is 3. The van der Waals surface area contributed by atoms with Crippen molar-refractivity contribution >= 4 is 5.78 Å². The summed E-state index contributed by atoms with van der Waals surface area (Å²) in [7, 11) is 0. The van der Waals surface area contributed by atoms with Crippen LogP contribution in [0.3, 0.4) is 0 Å². The van der Waals surface area contributed by atoms with Gasteiger partial charge in [0.2, 0.25) is 0 Å². The van der Waals surface area contributed by atoms with Crippen LogP contribution in [0.5, 0.6) is 0 Å². The van der Waals surface area contributed by atoms with Crippen LogP contribution in [0.25, 0.3) is 0 Å². The van der Waals surface area contributed by atoms with E-state index in [1.165, 1.54) is 6.33 Å². The summed E-state index contributed by atoms with van der Waals surface area (Å²) in [6.07, 6.45) is 7.06. The lowest BCUT2D eigenvalue weighted by molar-refractivity contribution is -0.115. The van der Waals surface area contributed by atoms with E-state index in [4.69, 9.17) is 0 Å². The third kappa shape index (κ3) is 3.02. The number of carbonyl (C=O) groups is 1. The number of allylic oxidation sites excluding steroid dienone is 2. The Bertz CT molecular complexity index is 432. The number of nitrogens with zero attached hydrogens (tertiary/aromatic N) is 3. The minimum atomic E-state index is 0.209. The molecule has 1 aliphatic rings. The smallest absolute Gasteiger partial charge is 0.166 e. The largest absolute Gasteiger partial charge is 0.294 e. The van der Waals surface area contributed by atoms with E-state index in [1.807, 2.05) is 4.68 Å². The maximum Gasteiger partial charge on any atom is 0.166 e. The lowest BCUT2D eigenvalue weighted by atomic mass is 10.1. The number of carbonyl (C=O) groups excluding carboxylic acids is 1. The molecular formula is C13H19N3O. The third-order valence-electron chi connectivity index (χ3n) is 2.95. The second-order valence-corrected chi connectivity index (χ2v) is 4.97. The molecule has 0 atom stereocenters. The maximum absolute atomic E-state index is 12.0. The van der Waals surface area contributed by atoms with Gasteiger partial charge in [-0.15, -0.1) is 0 Å². The zero-order valence-electron chi connectivity index (χ0n) is 10.5. The van der Waals surface area contributed by atoms with Crippen molar-refractivity contribution in [1.29, 1.82) is 0 Å². The molecule has 17 heavy (non-hydrogen) atoms. The van der Waals surface area contributed by atoms with Crippen LogP contribution in [0.15, 0.2) is 18.0 Å². The Morgan fingerprint density at radius 1 is 1.53 bits per heavy atom. The van der Waals surface area contributed by atoms with Crippen molar-refractivity contribution < 1.29 is 4.79 Å². The molecule has 4 nitrogen and oxygen atoms in total. The highest BCUT2D eigenvalue weighted by Gasteiger charge is 2.16. The summed E-state index contributed by atoms with van der Waals surface area (Å²) in [5, 5.41) is 4.17. The Morgan fingerprint density at radius 2 is 2.35 bits per heavy atom. The van der Waals surface area contributed by atoms with Crippen LogP contribution in [0.1, 0.15) is 38.9 Å². The molecule has 0 spiro atoms. The first-order valence-corrected chi connectivity index (χ1v) is 6.25. The summed E-state index contributed by atoms with van der Waals surface area (Å²) in [4.78, 5) is 16.2. The maximum atomic E-state index is 12.0. The highest BCUT2D eigenvalue weighted by Crippen LogP contribution is 2.19. The summed E-state index contributed by atoms with van der Waals surface area (Å²) in [5.74, 6) is 1.51. The van der Waals surface area contributed by atoms with Crippen molar-refractivity contribution in [2.24, 2.45) is 5.92 Å². The lowest BCUT2D eigenvalue weighted by Crippen LogP contribution is -2.14. The van der Waals surface area contributed by atoms with Crippen LogP contribution < -0.4 is 0 Å². The first-order valence-electron chi connectivity index (χ1n) is 6.25. The third-order valence-corrected chi connectivity index (χ3v) is 2.95. The molecule has 0 aromatic carbocycles. The highest BCUT2D eigenvalue weighted by molar-refractivity contribution is 5.96. The number of ketones is 1. The Morgan fingerprint density at radius 3 is 3.00 bits per heavy atom. The van der Waals surface area contributed by atoms with Crippen LogP contribution in [-0.2, 0) is 17.8 Å². The minimum absolute atomic E-state index is 0.209. The van der Waals surface area contributed by atoms with Gasteiger partial charge in [0.05, 0.1) is 6.42 Å². The molecule has 92 valence electrons. The normalized spacial score (nSPS) is 15.4. The zero-order valence-corrected chi connectivity index (χ0v) is 10.5. The van der Waals surface area contributed by atoms with Crippen molar-refractivity contribution in [3.63, 3.8) is 0 Å². The summed E-state index contributed by atoms with van der Waals surface area (Å²) in [6, 6.07) is 0. The Balaban J connectivity index is 2.03. The first-order chi connectivity index (χ1) is 8.16. The quantitative estimate of drug-likeness (QED) is 0.783. The van der Waals surface area contributed by atoms with Crippen LogP contribution in [0.4, 0.5) is 0 Å². The lowest BCUT2D eigenvalue weighted by Gasteiger charge is -2.08. The van der Waals surface area contributed by atoms with E-state index in [9.17, 15) is 4.79 Å². The molecule has 1 heterocycles. The van der Waals surface area contributed by atoms with Gasteiger partial charge in [-0.25, -0.2) is 9.67 Å². The molecule has 2 rings (SSSR count). The van der Waals surface area contributed by atoms with E-state index < -0.39 is 0 Å². The van der Waals surface area contributed by atoms with Gasteiger partial charge in [0.25, 0.3) is 0 Å². The van der Waals surface area contributed by atoms with Gasteiger partial charge in [-0.2, -0.15) is 5.10 Å². The van der Waals surface area contributed by atoms with Gasteiger partial charge in [0, 0.05) is 6.54 Å². The molecule has 0 saturated carbocycles. The molecule has 1 aromatic heterocycles. The van der Waals surface area contributed by atoms with Gasteiger partial charge in [-0.1, -0.05) is 19.9 Å². The van der Waals surface area contributed by atoms with Gasteiger partial charge in [-0.05, 0) is 30.8 Å². The van der Waals surface area contributed by atoms with Gasteiger partial charge < -0.3 is 0 Å². The molecule has 1 aliphatic carbocycles. The first kappa shape index (κ1) is 12.0. The molecule has 4 heteroatoms. The summed E-state index contributed by atoms with van der Waals surface area (Å²) in [6.45, 7) is 5.08. The molecule has 0 radical (unpaired) electrons. The predicted molar refractivity (Wildman–Crippen MR) is 65.5 cm³/mol. The second-order valence-electron chi connectivity index (χ2n) is 4.97. The minimum Gasteiger partial charge on any atom is -0.294 e. The van der Waals surface area contributed by atoms with E-state index in [2.05, 4.69) is 30.0 Å². The van der Waals surface area contributed by atoms with Crippen molar-refractivity contribution in [2.75, 3.05) is 0 Å². The average molecular weight is 233 g/mol. The van der Waals surface area contributed by atoms with E-state index >= 15 is 0 Å². The zero-order chi connectivity index (χ0) is 12.3. The van der Waals surface area contributed by atoms with E-state index in [-0.39, 0.29) is 5.78 Å². The Labute approximate surface area is 102 Å². The Hall–Kier alpha value is -1.45. The number of hydrogen-bond acceptors (Lipinski definition) is 3. The molecule has 0 saturated heterocycles. The number of hydrogen-bond donors (Lipinski definition) is 0. The monoisotopic (exact) mass is 233 g/mol. The summed E-state index contributed by atoms with van der Waals surface area (Å²) in [5.41, 5.74) is 0.976. The fourth-order valence-corrected chi connectivity index (χ4v) is 2.10. The van der Waals surface area contributed by atoms with Crippen molar-refractivity contribution in [3.05, 3.63) is 23.8 Å². The molecule has 0 fully saturated rings. The topological polar surface area (TPSA) is 47.8 Å². The van der Waals surface area contributed by atoms with Crippen molar-refractivity contribution in [3.8, 4) is 0 Å². The Kier molecular flexibility index (Phi) is 3.71. The predicted octanol–water partition coefficient (Wildman–Crippen LogP) is 2.16. The SMILES string of the molecule is CC(C)Cn1ncnc1CC(=O)C1=CCCC1.